The molecule has 0 aromatic heterocycles. The molecule has 1 aromatic carbocycles. The van der Waals surface area contributed by atoms with Crippen LogP contribution >= 0.6 is 0 Å². The van der Waals surface area contributed by atoms with Crippen molar-refractivity contribution in [1.82, 2.24) is 9.21 Å². The standard InChI is InChI=1S/C17H24N2O5S/c1-3-18(4-2)25(23,24)15-9-5-7-13(11-15)17(22)19-10-6-8-14(19)12-16(20)21/h5,7,9,11,14H,3-4,6,8,10,12H2,1-2H3,(H,20,21). The average Bonchev–Trinajstić information content (AvgIpc) is 3.02. The van der Waals surface area contributed by atoms with Gasteiger partial charge in [-0.2, -0.15) is 4.31 Å². The molecule has 1 N–H and O–H groups in total. The Hall–Kier alpha value is -1.93. The van der Waals surface area contributed by atoms with E-state index >= 15 is 0 Å². The van der Waals surface area contributed by atoms with Gasteiger partial charge in [0, 0.05) is 31.2 Å². The highest BCUT2D eigenvalue weighted by Gasteiger charge is 2.31. The first-order valence-corrected chi connectivity index (χ1v) is 9.88. The van der Waals surface area contributed by atoms with Crippen molar-refractivity contribution in [1.29, 1.82) is 0 Å². The second-order valence-electron chi connectivity index (χ2n) is 6.01. The summed E-state index contributed by atoms with van der Waals surface area (Å²) in [6, 6.07) is 5.63. The summed E-state index contributed by atoms with van der Waals surface area (Å²) in [6.07, 6.45) is 1.31. The fraction of sp³-hybridized carbons (Fsp3) is 0.529. The van der Waals surface area contributed by atoms with E-state index in [0.717, 1.165) is 6.42 Å². The topological polar surface area (TPSA) is 95.0 Å². The Labute approximate surface area is 148 Å². The SMILES string of the molecule is CCN(CC)S(=O)(=O)c1cccc(C(=O)N2CCCC2CC(=O)O)c1. The first-order chi connectivity index (χ1) is 11.8. The normalized spacial score (nSPS) is 17.9. The maximum absolute atomic E-state index is 12.8. The molecular weight excluding hydrogens is 344 g/mol. The van der Waals surface area contributed by atoms with Crippen LogP contribution in [0.3, 0.4) is 0 Å². The minimum atomic E-state index is -3.64. The highest BCUT2D eigenvalue weighted by molar-refractivity contribution is 7.89. The van der Waals surface area contributed by atoms with Crippen LogP contribution in [0, 0.1) is 0 Å². The summed E-state index contributed by atoms with van der Waals surface area (Å²) in [4.78, 5) is 25.3. The van der Waals surface area contributed by atoms with E-state index in [1.807, 2.05) is 0 Å². The lowest BCUT2D eigenvalue weighted by Gasteiger charge is -2.24. The number of hydrogen-bond donors (Lipinski definition) is 1. The first-order valence-electron chi connectivity index (χ1n) is 8.44. The number of carbonyl (C=O) groups excluding carboxylic acids is 1. The molecule has 0 radical (unpaired) electrons. The van der Waals surface area contributed by atoms with Gasteiger partial charge in [-0.15, -0.1) is 0 Å². The van der Waals surface area contributed by atoms with Gasteiger partial charge in [0.15, 0.2) is 0 Å². The number of nitrogens with zero attached hydrogens (tertiary/aromatic N) is 2. The molecule has 0 saturated carbocycles. The van der Waals surface area contributed by atoms with Crippen molar-refractivity contribution in [2.24, 2.45) is 0 Å². The van der Waals surface area contributed by atoms with E-state index in [9.17, 15) is 18.0 Å². The summed E-state index contributed by atoms with van der Waals surface area (Å²) < 4.78 is 26.6. The Balaban J connectivity index is 2.29. The quantitative estimate of drug-likeness (QED) is 0.792. The lowest BCUT2D eigenvalue weighted by Crippen LogP contribution is -2.37. The summed E-state index contributed by atoms with van der Waals surface area (Å²) in [5.41, 5.74) is 0.269. The Morgan fingerprint density at radius 3 is 2.56 bits per heavy atom. The van der Waals surface area contributed by atoms with Crippen LogP contribution in [0.15, 0.2) is 29.2 Å². The molecule has 0 bridgehead atoms. The smallest absolute Gasteiger partial charge is 0.305 e. The monoisotopic (exact) mass is 368 g/mol. The molecule has 1 aliphatic heterocycles. The summed E-state index contributed by atoms with van der Waals surface area (Å²) in [6.45, 7) is 4.71. The van der Waals surface area contributed by atoms with Crippen LogP contribution in [0.4, 0.5) is 0 Å². The number of benzene rings is 1. The number of carboxylic acids is 1. The highest BCUT2D eigenvalue weighted by Crippen LogP contribution is 2.24. The highest BCUT2D eigenvalue weighted by atomic mass is 32.2. The molecule has 1 fully saturated rings. The van der Waals surface area contributed by atoms with Gasteiger partial charge >= 0.3 is 5.97 Å². The third-order valence-electron chi connectivity index (χ3n) is 4.47. The molecule has 25 heavy (non-hydrogen) atoms. The molecule has 0 aliphatic carbocycles. The number of aliphatic carboxylic acids is 1. The largest absolute Gasteiger partial charge is 0.481 e. The van der Waals surface area contributed by atoms with E-state index in [0.29, 0.717) is 26.1 Å². The summed E-state index contributed by atoms with van der Waals surface area (Å²) in [5.74, 6) is -1.26. The number of carbonyl (C=O) groups is 2. The lowest BCUT2D eigenvalue weighted by molar-refractivity contribution is -0.137. The van der Waals surface area contributed by atoms with Crippen molar-refractivity contribution in [3.8, 4) is 0 Å². The molecule has 1 atom stereocenters. The minimum absolute atomic E-state index is 0.0797. The van der Waals surface area contributed by atoms with E-state index in [1.54, 1.807) is 26.0 Å². The van der Waals surface area contributed by atoms with Gasteiger partial charge in [0.2, 0.25) is 10.0 Å². The molecule has 1 aromatic rings. The van der Waals surface area contributed by atoms with Crippen molar-refractivity contribution in [2.45, 2.75) is 44.0 Å². The third-order valence-corrected chi connectivity index (χ3v) is 6.52. The predicted molar refractivity (Wildman–Crippen MR) is 92.9 cm³/mol. The van der Waals surface area contributed by atoms with Gasteiger partial charge in [0.05, 0.1) is 11.3 Å². The summed E-state index contributed by atoms with van der Waals surface area (Å²) in [7, 11) is -3.64. The lowest BCUT2D eigenvalue weighted by atomic mass is 10.1. The zero-order valence-corrected chi connectivity index (χ0v) is 15.3. The van der Waals surface area contributed by atoms with Gasteiger partial charge in [0.25, 0.3) is 5.91 Å². The fourth-order valence-electron chi connectivity index (χ4n) is 3.18. The number of rotatable bonds is 7. The molecule has 8 heteroatoms. The zero-order chi connectivity index (χ0) is 18.6. The maximum atomic E-state index is 12.8. The number of hydrogen-bond acceptors (Lipinski definition) is 4. The molecule has 0 spiro atoms. The fourth-order valence-corrected chi connectivity index (χ4v) is 4.69. The number of likely N-dealkylation sites (tertiary alicyclic amines) is 1. The molecule has 1 aliphatic rings. The molecule has 1 amide bonds. The van der Waals surface area contributed by atoms with Crippen molar-refractivity contribution in [3.63, 3.8) is 0 Å². The Bertz CT molecular complexity index is 743. The Morgan fingerprint density at radius 1 is 1.28 bits per heavy atom. The van der Waals surface area contributed by atoms with Crippen molar-refractivity contribution >= 4 is 21.9 Å². The maximum Gasteiger partial charge on any atom is 0.305 e. The molecule has 2 rings (SSSR count). The van der Waals surface area contributed by atoms with E-state index in [4.69, 9.17) is 5.11 Å². The second kappa shape index (κ2) is 7.97. The first kappa shape index (κ1) is 19.4. The average molecular weight is 368 g/mol. The van der Waals surface area contributed by atoms with Crippen LogP contribution in [0.1, 0.15) is 43.5 Å². The number of sulfonamides is 1. The molecule has 1 unspecified atom stereocenters. The third kappa shape index (κ3) is 4.19. The summed E-state index contributed by atoms with van der Waals surface area (Å²) in [5, 5.41) is 8.99. The van der Waals surface area contributed by atoms with Crippen molar-refractivity contribution in [2.75, 3.05) is 19.6 Å². The van der Waals surface area contributed by atoms with Gasteiger partial charge in [-0.05, 0) is 31.0 Å². The van der Waals surface area contributed by atoms with Gasteiger partial charge in [-0.1, -0.05) is 19.9 Å². The molecular formula is C17H24N2O5S. The van der Waals surface area contributed by atoms with Crippen LogP contribution in [-0.4, -0.2) is 60.3 Å². The van der Waals surface area contributed by atoms with Crippen LogP contribution in [0.2, 0.25) is 0 Å². The van der Waals surface area contributed by atoms with Gasteiger partial charge in [-0.3, -0.25) is 9.59 Å². The van der Waals surface area contributed by atoms with Crippen LogP contribution in [0.25, 0.3) is 0 Å². The van der Waals surface area contributed by atoms with Crippen molar-refractivity contribution in [3.05, 3.63) is 29.8 Å². The minimum Gasteiger partial charge on any atom is -0.481 e. The number of carboxylic acid groups (broad SMARTS) is 1. The Kier molecular flexibility index (Phi) is 6.18. The van der Waals surface area contributed by atoms with Crippen molar-refractivity contribution < 1.29 is 23.1 Å². The van der Waals surface area contributed by atoms with Crippen LogP contribution in [-0.2, 0) is 14.8 Å². The second-order valence-corrected chi connectivity index (χ2v) is 7.95. The van der Waals surface area contributed by atoms with E-state index in [2.05, 4.69) is 0 Å². The predicted octanol–water partition coefficient (Wildman–Crippen LogP) is 1.80. The molecule has 1 heterocycles. The Morgan fingerprint density at radius 2 is 1.96 bits per heavy atom. The van der Waals surface area contributed by atoms with Gasteiger partial charge < -0.3 is 10.0 Å². The van der Waals surface area contributed by atoms with Gasteiger partial charge in [-0.25, -0.2) is 8.42 Å². The van der Waals surface area contributed by atoms with Crippen LogP contribution < -0.4 is 0 Å². The van der Waals surface area contributed by atoms with E-state index < -0.39 is 16.0 Å². The van der Waals surface area contributed by atoms with E-state index in [-0.39, 0.29) is 28.8 Å². The zero-order valence-electron chi connectivity index (χ0n) is 14.5. The molecule has 7 nitrogen and oxygen atoms in total. The number of amides is 1. The summed E-state index contributed by atoms with van der Waals surface area (Å²) >= 11 is 0. The van der Waals surface area contributed by atoms with E-state index in [1.165, 1.54) is 21.3 Å². The van der Waals surface area contributed by atoms with Gasteiger partial charge in [0.1, 0.15) is 0 Å². The molecule has 138 valence electrons. The van der Waals surface area contributed by atoms with Crippen LogP contribution in [0.5, 0.6) is 0 Å². The molecule has 1 saturated heterocycles.